The molecule has 0 aromatic heterocycles. The Kier molecular flexibility index (Phi) is 3.78. The smallest absolute Gasteiger partial charge is 0.323 e. The highest BCUT2D eigenvalue weighted by Crippen LogP contribution is 2.49. The Bertz CT molecular complexity index is 652. The van der Waals surface area contributed by atoms with Gasteiger partial charge in [0.25, 0.3) is 0 Å². The second kappa shape index (κ2) is 5.30. The molecule has 0 amide bonds. The van der Waals surface area contributed by atoms with Crippen LogP contribution in [0.25, 0.3) is 0 Å². The predicted octanol–water partition coefficient (Wildman–Crippen LogP) is 2.40. The molecule has 0 bridgehead atoms. The van der Waals surface area contributed by atoms with Gasteiger partial charge in [0.15, 0.2) is 0 Å². The van der Waals surface area contributed by atoms with Crippen LogP contribution in [0.3, 0.4) is 0 Å². The molecule has 1 aromatic rings. The average Bonchev–Trinajstić information content (AvgIpc) is 2.64. The number of hydroxylamine groups is 2. The minimum atomic E-state index is -0.557. The summed E-state index contributed by atoms with van der Waals surface area (Å²) in [5, 5.41) is 17.1. The molecule has 2 aliphatic heterocycles. The first-order valence-corrected chi connectivity index (χ1v) is 8.23. The quantitative estimate of drug-likeness (QED) is 0.851. The molecular weight excluding hydrogens is 292 g/mol. The van der Waals surface area contributed by atoms with E-state index < -0.39 is 11.1 Å². The van der Waals surface area contributed by atoms with E-state index in [1.54, 1.807) is 0 Å². The lowest BCUT2D eigenvalue weighted by atomic mass is 9.84. The number of carbonyl (C=O) groups is 1. The molecule has 125 valence electrons. The predicted molar refractivity (Wildman–Crippen MR) is 86.0 cm³/mol. The monoisotopic (exact) mass is 317 g/mol. The molecule has 23 heavy (non-hydrogen) atoms. The highest BCUT2D eigenvalue weighted by atomic mass is 16.5. The van der Waals surface area contributed by atoms with Crippen molar-refractivity contribution in [3.05, 3.63) is 34.4 Å². The van der Waals surface area contributed by atoms with Crippen molar-refractivity contribution >= 4 is 5.97 Å². The third kappa shape index (κ3) is 2.38. The lowest BCUT2D eigenvalue weighted by molar-refractivity contribution is -0.266. The highest BCUT2D eigenvalue weighted by molar-refractivity contribution is 5.76. The number of fused-ring (bicyclic) bond motifs is 2. The maximum atomic E-state index is 12.7. The zero-order chi connectivity index (χ0) is 17.0. The molecule has 0 saturated carbocycles. The van der Waals surface area contributed by atoms with Crippen LogP contribution in [0.2, 0.25) is 0 Å². The van der Waals surface area contributed by atoms with Gasteiger partial charge in [-0.25, -0.2) is 0 Å². The number of rotatable bonds is 2. The molecule has 0 aliphatic carbocycles. The molecule has 0 spiro atoms. The van der Waals surface area contributed by atoms with Gasteiger partial charge in [0.05, 0.1) is 17.7 Å². The van der Waals surface area contributed by atoms with E-state index in [1.807, 2.05) is 34.6 Å². The summed E-state index contributed by atoms with van der Waals surface area (Å²) >= 11 is 0. The molecule has 0 fully saturated rings. The molecule has 2 heterocycles. The van der Waals surface area contributed by atoms with Gasteiger partial charge >= 0.3 is 5.97 Å². The summed E-state index contributed by atoms with van der Waals surface area (Å²) in [7, 11) is 0. The number of hydrogen-bond acceptors (Lipinski definition) is 4. The Labute approximate surface area is 137 Å². The lowest BCUT2D eigenvalue weighted by Crippen LogP contribution is -2.43. The summed E-state index contributed by atoms with van der Waals surface area (Å²) in [6.45, 7) is 10.7. The third-order valence-electron chi connectivity index (χ3n) is 5.21. The maximum absolute atomic E-state index is 12.7. The van der Waals surface area contributed by atoms with E-state index in [4.69, 9.17) is 4.74 Å². The number of nitrogens with zero attached hydrogens (tertiary/aromatic N) is 1. The van der Waals surface area contributed by atoms with Crippen LogP contribution in [-0.2, 0) is 38.8 Å². The topological polar surface area (TPSA) is 61.5 Å². The molecule has 1 aromatic carbocycles. The minimum Gasteiger partial charge on any atom is -0.465 e. The van der Waals surface area contributed by atoms with E-state index in [1.165, 1.54) is 10.6 Å². The molecule has 0 unspecified atom stereocenters. The van der Waals surface area contributed by atoms with Crippen molar-refractivity contribution in [2.24, 2.45) is 0 Å². The van der Waals surface area contributed by atoms with Crippen LogP contribution < -0.4 is 5.32 Å². The van der Waals surface area contributed by atoms with Gasteiger partial charge in [-0.15, -0.1) is 10.3 Å². The largest absolute Gasteiger partial charge is 0.465 e. The van der Waals surface area contributed by atoms with Gasteiger partial charge in [-0.2, -0.15) is 0 Å². The van der Waals surface area contributed by atoms with Crippen LogP contribution in [0, 0.1) is 0 Å². The summed E-state index contributed by atoms with van der Waals surface area (Å²) in [5.74, 6) is -0.205. The lowest BCUT2D eigenvalue weighted by Gasteiger charge is -2.32. The first-order chi connectivity index (χ1) is 10.7. The summed E-state index contributed by atoms with van der Waals surface area (Å²) < 4.78 is 5.12. The van der Waals surface area contributed by atoms with E-state index in [-0.39, 0.29) is 12.0 Å². The van der Waals surface area contributed by atoms with Crippen LogP contribution in [0.15, 0.2) is 12.1 Å². The second-order valence-corrected chi connectivity index (χ2v) is 7.47. The first kappa shape index (κ1) is 16.4. The van der Waals surface area contributed by atoms with Gasteiger partial charge in [0.1, 0.15) is 6.04 Å². The van der Waals surface area contributed by atoms with Crippen LogP contribution in [0.4, 0.5) is 0 Å². The van der Waals surface area contributed by atoms with Gasteiger partial charge in [-0.1, -0.05) is 12.1 Å². The molecule has 1 N–H and O–H groups in total. The fraction of sp³-hybridized carbons (Fsp3) is 0.611. The molecule has 1 atom stereocenters. The zero-order valence-electron chi connectivity index (χ0n) is 14.5. The van der Waals surface area contributed by atoms with Gasteiger partial charge in [-0.05, 0) is 63.3 Å². The summed E-state index contributed by atoms with van der Waals surface area (Å²) in [4.78, 5) is 12.0. The average molecular weight is 317 g/mol. The molecule has 2 aliphatic rings. The zero-order valence-corrected chi connectivity index (χ0v) is 14.5. The Hall–Kier alpha value is -1.43. The van der Waals surface area contributed by atoms with Crippen LogP contribution in [0.1, 0.15) is 56.9 Å². The summed E-state index contributed by atoms with van der Waals surface area (Å²) in [5.41, 5.74) is 3.38. The number of ether oxygens (including phenoxy) is 1. The number of carbonyl (C=O) groups excluding carboxylic acids is 1. The Morgan fingerprint density at radius 3 is 2.35 bits per heavy atom. The number of esters is 1. The maximum Gasteiger partial charge on any atom is 0.323 e. The minimum absolute atomic E-state index is 0.205. The Morgan fingerprint density at radius 1 is 1.22 bits per heavy atom. The van der Waals surface area contributed by atoms with Crippen molar-refractivity contribution in [2.45, 2.75) is 64.7 Å². The van der Waals surface area contributed by atoms with Crippen molar-refractivity contribution in [1.29, 1.82) is 0 Å². The van der Waals surface area contributed by atoms with Crippen LogP contribution in [0.5, 0.6) is 0 Å². The van der Waals surface area contributed by atoms with E-state index in [0.29, 0.717) is 19.6 Å². The second-order valence-electron chi connectivity index (χ2n) is 7.47. The van der Waals surface area contributed by atoms with Crippen LogP contribution >= 0.6 is 0 Å². The van der Waals surface area contributed by atoms with Crippen molar-refractivity contribution in [3.8, 4) is 0 Å². The third-order valence-corrected chi connectivity index (χ3v) is 5.21. The summed E-state index contributed by atoms with van der Waals surface area (Å²) in [6.07, 6.45) is 0.608. The molecule has 5 nitrogen and oxygen atoms in total. The molecule has 5 heteroatoms. The van der Waals surface area contributed by atoms with Gasteiger partial charge in [0, 0.05) is 6.54 Å². The highest BCUT2D eigenvalue weighted by Gasteiger charge is 2.50. The molecular formula is C18H25N2O3. The van der Waals surface area contributed by atoms with Crippen molar-refractivity contribution in [2.75, 3.05) is 6.61 Å². The van der Waals surface area contributed by atoms with Gasteiger partial charge in [0.2, 0.25) is 0 Å². The Balaban J connectivity index is 2.00. The van der Waals surface area contributed by atoms with E-state index in [2.05, 4.69) is 17.4 Å². The number of nitrogens with one attached hydrogen (secondary N) is 1. The van der Waals surface area contributed by atoms with Gasteiger partial charge in [-0.3, -0.25) is 4.79 Å². The molecule has 3 rings (SSSR count). The first-order valence-electron chi connectivity index (χ1n) is 8.23. The normalized spacial score (nSPS) is 24.9. The van der Waals surface area contributed by atoms with Crippen molar-refractivity contribution < 1.29 is 14.7 Å². The molecule has 1 radical (unpaired) electrons. The fourth-order valence-electron chi connectivity index (χ4n) is 3.91. The van der Waals surface area contributed by atoms with E-state index in [9.17, 15) is 10.0 Å². The summed E-state index contributed by atoms with van der Waals surface area (Å²) in [6, 6.07) is 3.96. The fourth-order valence-corrected chi connectivity index (χ4v) is 3.91. The molecule has 0 saturated heterocycles. The van der Waals surface area contributed by atoms with E-state index >= 15 is 0 Å². The van der Waals surface area contributed by atoms with Crippen molar-refractivity contribution in [1.82, 2.24) is 10.4 Å². The SMILES string of the molecule is CCOC(=O)[C@@H]1Cc2cc3c(cc2CN1)C(C)(C)N([O])C3(C)C. The van der Waals surface area contributed by atoms with Gasteiger partial charge < -0.3 is 10.1 Å². The standard InChI is InChI=1S/C18H25N2O3/c1-6-23-16(21)15-9-11-7-13-14(8-12(11)10-19-15)18(4,5)20(22)17(13,2)3/h7-8,15,19H,6,9-10H2,1-5H3/t15-/m0/s1. The number of benzene rings is 1. The van der Waals surface area contributed by atoms with E-state index in [0.717, 1.165) is 16.7 Å². The van der Waals surface area contributed by atoms with Crippen LogP contribution in [-0.4, -0.2) is 23.7 Å². The Morgan fingerprint density at radius 2 is 1.78 bits per heavy atom. The number of hydrogen-bond donors (Lipinski definition) is 1. The van der Waals surface area contributed by atoms with Crippen molar-refractivity contribution in [3.63, 3.8) is 0 Å².